The zero-order chi connectivity index (χ0) is 14.1. The molecule has 2 heterocycles. The molecule has 8 heteroatoms. The van der Waals surface area contributed by atoms with Gasteiger partial charge in [0.25, 0.3) is 5.91 Å². The number of hydrogen-bond donors (Lipinski definition) is 2. The van der Waals surface area contributed by atoms with Crippen LogP contribution < -0.4 is 5.73 Å². The van der Waals surface area contributed by atoms with E-state index in [1.54, 1.807) is 12.5 Å². The summed E-state index contributed by atoms with van der Waals surface area (Å²) in [6.45, 7) is 0. The number of imidazole rings is 1. The molecule has 0 aliphatic carbocycles. The van der Waals surface area contributed by atoms with Crippen molar-refractivity contribution in [1.82, 2.24) is 25.0 Å². The number of H-pyrrole nitrogens is 1. The normalized spacial score (nSPS) is 10.7. The van der Waals surface area contributed by atoms with Gasteiger partial charge in [-0.1, -0.05) is 6.07 Å². The summed E-state index contributed by atoms with van der Waals surface area (Å²) >= 11 is 3.49. The Morgan fingerprint density at radius 1 is 1.35 bits per heavy atom. The van der Waals surface area contributed by atoms with Crippen molar-refractivity contribution < 1.29 is 4.79 Å². The van der Waals surface area contributed by atoms with Crippen LogP contribution >= 0.6 is 15.9 Å². The maximum absolute atomic E-state index is 11.3. The lowest BCUT2D eigenvalue weighted by Gasteiger charge is -2.07. The van der Waals surface area contributed by atoms with Crippen molar-refractivity contribution in [2.75, 3.05) is 0 Å². The molecule has 0 atom stereocenters. The van der Waals surface area contributed by atoms with Crippen molar-refractivity contribution in [3.05, 3.63) is 47.1 Å². The quantitative estimate of drug-likeness (QED) is 0.758. The van der Waals surface area contributed by atoms with Crippen LogP contribution in [-0.4, -0.2) is 30.9 Å². The van der Waals surface area contributed by atoms with Gasteiger partial charge in [-0.3, -0.25) is 4.79 Å². The second-order valence-corrected chi connectivity index (χ2v) is 4.88. The predicted molar refractivity (Wildman–Crippen MR) is 75.2 cm³/mol. The number of primary amides is 1. The highest BCUT2D eigenvalue weighted by atomic mass is 79.9. The molecule has 7 nitrogen and oxygen atoms in total. The summed E-state index contributed by atoms with van der Waals surface area (Å²) in [5.41, 5.74) is 7.47. The Morgan fingerprint density at radius 2 is 2.20 bits per heavy atom. The zero-order valence-corrected chi connectivity index (χ0v) is 11.7. The van der Waals surface area contributed by atoms with E-state index >= 15 is 0 Å². The van der Waals surface area contributed by atoms with Gasteiger partial charge in [-0.25, -0.2) is 4.98 Å². The summed E-state index contributed by atoms with van der Waals surface area (Å²) in [5.74, 6) is -0.622. The second kappa shape index (κ2) is 4.89. The Kier molecular flexibility index (Phi) is 3.07. The molecule has 0 spiro atoms. The topological polar surface area (TPSA) is 102 Å². The highest BCUT2D eigenvalue weighted by molar-refractivity contribution is 9.10. The fourth-order valence-corrected chi connectivity index (χ4v) is 2.45. The third-order valence-electron chi connectivity index (χ3n) is 2.78. The fraction of sp³-hybridized carbons (Fsp3) is 0. The van der Waals surface area contributed by atoms with Gasteiger partial charge >= 0.3 is 0 Å². The summed E-state index contributed by atoms with van der Waals surface area (Å²) in [4.78, 5) is 15.3. The van der Waals surface area contributed by atoms with Crippen LogP contribution in [0.2, 0.25) is 0 Å². The number of nitrogens with zero attached hydrogens (tertiary/aromatic N) is 4. The minimum absolute atomic E-state index is 0.118. The van der Waals surface area contributed by atoms with Crippen molar-refractivity contribution in [3.63, 3.8) is 0 Å². The largest absolute Gasteiger partial charge is 0.364 e. The summed E-state index contributed by atoms with van der Waals surface area (Å²) in [6, 6.07) is 5.57. The standard InChI is InChI=1S/C12H9BrN6O/c13-8-5-7(10-11(12(14)20)17-18-16-10)1-2-9(8)19-4-3-15-6-19/h1-6H,(H2,14,20)(H,16,17,18). The molecule has 0 saturated heterocycles. The van der Waals surface area contributed by atoms with Gasteiger partial charge in [0, 0.05) is 22.4 Å². The van der Waals surface area contributed by atoms with Gasteiger partial charge in [0.2, 0.25) is 0 Å². The van der Waals surface area contributed by atoms with Crippen LogP contribution in [0.25, 0.3) is 16.9 Å². The van der Waals surface area contributed by atoms with E-state index in [1.807, 2.05) is 29.0 Å². The van der Waals surface area contributed by atoms with E-state index in [4.69, 9.17) is 5.73 Å². The van der Waals surface area contributed by atoms with Crippen LogP contribution in [0.3, 0.4) is 0 Å². The van der Waals surface area contributed by atoms with Crippen LogP contribution in [0.1, 0.15) is 10.5 Å². The Morgan fingerprint density at radius 3 is 2.85 bits per heavy atom. The molecule has 0 saturated carbocycles. The fourth-order valence-electron chi connectivity index (χ4n) is 1.87. The lowest BCUT2D eigenvalue weighted by atomic mass is 10.1. The number of rotatable bonds is 3. The third kappa shape index (κ3) is 2.10. The molecule has 2 aromatic heterocycles. The molecule has 1 amide bonds. The van der Waals surface area contributed by atoms with E-state index < -0.39 is 5.91 Å². The molecule has 100 valence electrons. The highest BCUT2D eigenvalue weighted by Crippen LogP contribution is 2.28. The Labute approximate surface area is 122 Å². The SMILES string of the molecule is NC(=O)c1n[nH]nc1-c1ccc(-n2ccnc2)c(Br)c1. The first-order valence-corrected chi connectivity index (χ1v) is 6.45. The predicted octanol–water partition coefficient (Wildman–Crippen LogP) is 1.52. The average molecular weight is 333 g/mol. The van der Waals surface area contributed by atoms with Gasteiger partial charge in [-0.15, -0.1) is 0 Å². The summed E-state index contributed by atoms with van der Waals surface area (Å²) < 4.78 is 2.71. The number of carbonyl (C=O) groups excluding carboxylic acids is 1. The number of halogens is 1. The first-order chi connectivity index (χ1) is 9.66. The highest BCUT2D eigenvalue weighted by Gasteiger charge is 2.16. The number of nitrogens with two attached hydrogens (primary N) is 1. The molecule has 1 aromatic carbocycles. The number of aromatic amines is 1. The Bertz CT molecular complexity index is 764. The van der Waals surface area contributed by atoms with E-state index in [0.29, 0.717) is 5.69 Å². The third-order valence-corrected chi connectivity index (χ3v) is 3.42. The molecular formula is C12H9BrN6O. The smallest absolute Gasteiger partial charge is 0.271 e. The molecule has 3 rings (SSSR count). The van der Waals surface area contributed by atoms with Crippen molar-refractivity contribution >= 4 is 21.8 Å². The van der Waals surface area contributed by atoms with Crippen LogP contribution in [0, 0.1) is 0 Å². The molecule has 0 aliphatic rings. The average Bonchev–Trinajstić information content (AvgIpc) is 3.10. The van der Waals surface area contributed by atoms with Gasteiger partial charge in [0.1, 0.15) is 5.69 Å². The lowest BCUT2D eigenvalue weighted by Crippen LogP contribution is -2.12. The molecule has 0 unspecified atom stereocenters. The molecule has 3 N–H and O–H groups in total. The van der Waals surface area contributed by atoms with E-state index in [-0.39, 0.29) is 5.69 Å². The van der Waals surface area contributed by atoms with Crippen molar-refractivity contribution in [3.8, 4) is 16.9 Å². The summed E-state index contributed by atoms with van der Waals surface area (Å²) in [7, 11) is 0. The second-order valence-electron chi connectivity index (χ2n) is 4.02. The Balaban J connectivity index is 2.07. The first kappa shape index (κ1) is 12.5. The van der Waals surface area contributed by atoms with Gasteiger partial charge in [-0.05, 0) is 28.1 Å². The number of hydrogen-bond acceptors (Lipinski definition) is 4. The monoisotopic (exact) mass is 332 g/mol. The Hall–Kier alpha value is -2.48. The number of carbonyl (C=O) groups is 1. The molecule has 20 heavy (non-hydrogen) atoms. The molecule has 0 aliphatic heterocycles. The van der Waals surface area contributed by atoms with E-state index in [0.717, 1.165) is 15.7 Å². The van der Waals surface area contributed by atoms with Crippen molar-refractivity contribution in [2.24, 2.45) is 5.73 Å². The molecule has 0 radical (unpaired) electrons. The van der Waals surface area contributed by atoms with Crippen LogP contribution in [0.15, 0.2) is 41.4 Å². The van der Waals surface area contributed by atoms with Crippen LogP contribution in [0.4, 0.5) is 0 Å². The van der Waals surface area contributed by atoms with Gasteiger partial charge in [0.15, 0.2) is 5.69 Å². The van der Waals surface area contributed by atoms with Gasteiger partial charge in [0.05, 0.1) is 12.0 Å². The molecule has 3 aromatic rings. The number of benzene rings is 1. The number of nitrogens with one attached hydrogen (secondary N) is 1. The van der Waals surface area contributed by atoms with Crippen LogP contribution in [0.5, 0.6) is 0 Å². The number of aromatic nitrogens is 5. The minimum atomic E-state index is -0.622. The summed E-state index contributed by atoms with van der Waals surface area (Å²) in [6.07, 6.45) is 5.23. The maximum Gasteiger partial charge on any atom is 0.271 e. The minimum Gasteiger partial charge on any atom is -0.364 e. The van der Waals surface area contributed by atoms with Gasteiger partial charge in [-0.2, -0.15) is 15.4 Å². The zero-order valence-electron chi connectivity index (χ0n) is 10.1. The number of amides is 1. The maximum atomic E-state index is 11.3. The molecule has 0 bridgehead atoms. The first-order valence-electron chi connectivity index (χ1n) is 5.65. The molecular weight excluding hydrogens is 324 g/mol. The van der Waals surface area contributed by atoms with E-state index in [9.17, 15) is 4.79 Å². The van der Waals surface area contributed by atoms with E-state index in [1.165, 1.54) is 0 Å². The van der Waals surface area contributed by atoms with Gasteiger partial charge < -0.3 is 10.3 Å². The van der Waals surface area contributed by atoms with Crippen molar-refractivity contribution in [1.29, 1.82) is 0 Å². The lowest BCUT2D eigenvalue weighted by molar-refractivity contribution is 0.0996. The van der Waals surface area contributed by atoms with Crippen molar-refractivity contribution in [2.45, 2.75) is 0 Å². The van der Waals surface area contributed by atoms with E-state index in [2.05, 4.69) is 36.3 Å². The summed E-state index contributed by atoms with van der Waals surface area (Å²) in [5, 5.41) is 10.1. The molecule has 0 fully saturated rings. The van der Waals surface area contributed by atoms with Crippen LogP contribution in [-0.2, 0) is 0 Å².